The number of benzene rings is 8. The molecule has 2 aliphatic rings. The van der Waals surface area contributed by atoms with Gasteiger partial charge < -0.3 is 4.90 Å². The van der Waals surface area contributed by atoms with Crippen LogP contribution >= 0.6 is 0 Å². The second-order valence-corrected chi connectivity index (χ2v) is 15.8. The number of anilines is 3. The van der Waals surface area contributed by atoms with Crippen LogP contribution in [0.4, 0.5) is 17.1 Å². The van der Waals surface area contributed by atoms with E-state index >= 15 is 0 Å². The molecule has 0 saturated carbocycles. The summed E-state index contributed by atoms with van der Waals surface area (Å²) in [5.41, 5.74) is 19.2. The van der Waals surface area contributed by atoms with Crippen molar-refractivity contribution < 1.29 is 0 Å². The predicted octanol–water partition coefficient (Wildman–Crippen LogP) is 14.3. The monoisotopic (exact) mass is 679 g/mol. The van der Waals surface area contributed by atoms with Crippen LogP contribution in [-0.4, -0.2) is 0 Å². The van der Waals surface area contributed by atoms with Gasteiger partial charge in [0, 0.05) is 27.9 Å². The van der Waals surface area contributed by atoms with Gasteiger partial charge in [0.1, 0.15) is 0 Å². The highest BCUT2D eigenvalue weighted by atomic mass is 15.1. The number of fused-ring (bicyclic) bond motifs is 7. The standard InChI is InChI=1S/C52H41N/c1-51(2)44-25-14-13-24-42(44)49-46(51)33-47-50(48(49)36-19-9-6-10-20-36)43-29-28-41(32-45(43)52(47,3)4)53(40-27-26-35-18-11-12-21-37(35)31-40)39-23-15-22-38(30-39)34-16-7-5-8-17-34/h5-33H,1-4H3. The van der Waals surface area contributed by atoms with E-state index in [1.54, 1.807) is 0 Å². The van der Waals surface area contributed by atoms with E-state index in [0.717, 1.165) is 17.1 Å². The third-order valence-corrected chi connectivity index (χ3v) is 12.0. The van der Waals surface area contributed by atoms with Crippen LogP contribution in [0.3, 0.4) is 0 Å². The van der Waals surface area contributed by atoms with E-state index in [9.17, 15) is 0 Å². The molecule has 53 heavy (non-hydrogen) atoms. The van der Waals surface area contributed by atoms with E-state index in [4.69, 9.17) is 0 Å². The maximum Gasteiger partial charge on any atom is 0.0468 e. The number of rotatable bonds is 5. The first-order valence-corrected chi connectivity index (χ1v) is 18.8. The van der Waals surface area contributed by atoms with Crippen LogP contribution in [0.25, 0.3) is 55.3 Å². The molecule has 0 aromatic heterocycles. The fourth-order valence-corrected chi connectivity index (χ4v) is 9.28. The summed E-state index contributed by atoms with van der Waals surface area (Å²) in [5, 5.41) is 2.47. The Hall–Kier alpha value is -6.18. The fraction of sp³-hybridized carbons (Fsp3) is 0.115. The van der Waals surface area contributed by atoms with Crippen LogP contribution in [0.1, 0.15) is 49.9 Å². The van der Waals surface area contributed by atoms with Gasteiger partial charge in [-0.3, -0.25) is 0 Å². The number of hydrogen-bond donors (Lipinski definition) is 0. The third kappa shape index (κ3) is 4.77. The minimum Gasteiger partial charge on any atom is -0.310 e. The van der Waals surface area contributed by atoms with Crippen LogP contribution in [-0.2, 0) is 10.8 Å². The van der Waals surface area contributed by atoms with Gasteiger partial charge in [0.15, 0.2) is 0 Å². The first-order chi connectivity index (χ1) is 25.8. The van der Waals surface area contributed by atoms with E-state index in [-0.39, 0.29) is 10.8 Å². The lowest BCUT2D eigenvalue weighted by Crippen LogP contribution is -2.19. The molecule has 0 unspecified atom stereocenters. The van der Waals surface area contributed by atoms with Crippen molar-refractivity contribution in [1.82, 2.24) is 0 Å². The number of hydrogen-bond acceptors (Lipinski definition) is 1. The third-order valence-electron chi connectivity index (χ3n) is 12.0. The van der Waals surface area contributed by atoms with Gasteiger partial charge in [-0.25, -0.2) is 0 Å². The molecule has 254 valence electrons. The maximum absolute atomic E-state index is 2.56. The molecule has 0 heterocycles. The average Bonchev–Trinajstić information content (AvgIpc) is 3.57. The van der Waals surface area contributed by atoms with Crippen molar-refractivity contribution >= 4 is 27.8 Å². The van der Waals surface area contributed by atoms with Crippen LogP contribution in [0, 0.1) is 0 Å². The van der Waals surface area contributed by atoms with E-state index in [1.807, 2.05) is 0 Å². The van der Waals surface area contributed by atoms with Crippen LogP contribution in [0.5, 0.6) is 0 Å². The lowest BCUT2D eigenvalue weighted by atomic mass is 9.76. The molecular formula is C52H41N. The van der Waals surface area contributed by atoms with Crippen molar-refractivity contribution in [2.75, 3.05) is 4.90 Å². The van der Waals surface area contributed by atoms with Crippen molar-refractivity contribution in [2.45, 2.75) is 38.5 Å². The molecule has 8 aromatic rings. The Bertz CT molecular complexity index is 2720. The molecule has 1 heteroatoms. The Morgan fingerprint density at radius 3 is 1.62 bits per heavy atom. The fourth-order valence-electron chi connectivity index (χ4n) is 9.28. The summed E-state index contributed by atoms with van der Waals surface area (Å²) in [6.45, 7) is 9.65. The van der Waals surface area contributed by atoms with Gasteiger partial charge in [-0.05, 0) is 114 Å². The van der Waals surface area contributed by atoms with Crippen molar-refractivity contribution in [3.63, 3.8) is 0 Å². The lowest BCUT2D eigenvalue weighted by molar-refractivity contribution is 0.639. The van der Waals surface area contributed by atoms with Crippen LogP contribution in [0.2, 0.25) is 0 Å². The van der Waals surface area contributed by atoms with Gasteiger partial charge in [0.05, 0.1) is 0 Å². The molecule has 1 nitrogen and oxygen atoms in total. The summed E-state index contributed by atoms with van der Waals surface area (Å²) < 4.78 is 0. The van der Waals surface area contributed by atoms with Gasteiger partial charge in [-0.2, -0.15) is 0 Å². The highest BCUT2D eigenvalue weighted by molar-refractivity contribution is 6.04. The Morgan fingerprint density at radius 1 is 0.321 bits per heavy atom. The number of nitrogens with zero attached hydrogens (tertiary/aromatic N) is 1. The first-order valence-electron chi connectivity index (χ1n) is 18.8. The molecule has 0 spiro atoms. The zero-order valence-electron chi connectivity index (χ0n) is 30.7. The second-order valence-electron chi connectivity index (χ2n) is 15.8. The zero-order chi connectivity index (χ0) is 35.9. The second kappa shape index (κ2) is 11.7. The summed E-state index contributed by atoms with van der Waals surface area (Å²) in [6, 6.07) is 65.1. The van der Waals surface area contributed by atoms with E-state index in [0.29, 0.717) is 0 Å². The van der Waals surface area contributed by atoms with Crippen LogP contribution in [0.15, 0.2) is 176 Å². The summed E-state index contributed by atoms with van der Waals surface area (Å²) in [4.78, 5) is 2.44. The molecule has 2 aliphatic carbocycles. The van der Waals surface area contributed by atoms with E-state index < -0.39 is 0 Å². The minimum absolute atomic E-state index is 0.100. The molecule has 0 bridgehead atoms. The molecule has 8 aromatic carbocycles. The maximum atomic E-state index is 2.56. The summed E-state index contributed by atoms with van der Waals surface area (Å²) in [7, 11) is 0. The van der Waals surface area contributed by atoms with Crippen molar-refractivity contribution in [3.05, 3.63) is 198 Å². The van der Waals surface area contributed by atoms with E-state index in [1.165, 1.54) is 77.5 Å². The summed E-state index contributed by atoms with van der Waals surface area (Å²) in [6.07, 6.45) is 0. The Kier molecular flexibility index (Phi) is 6.94. The van der Waals surface area contributed by atoms with Gasteiger partial charge in [0.2, 0.25) is 0 Å². The highest BCUT2D eigenvalue weighted by Crippen LogP contribution is 2.61. The Labute approximate surface area is 312 Å². The topological polar surface area (TPSA) is 3.24 Å². The van der Waals surface area contributed by atoms with Gasteiger partial charge in [0.25, 0.3) is 0 Å². The SMILES string of the molecule is CC1(C)c2ccccc2-c2c1cc1c(c2-c2ccccc2)-c2ccc(N(c3cccc(-c4ccccc4)c3)c3ccc4ccccc4c3)cc2C1(C)C. The molecule has 0 aliphatic heterocycles. The summed E-state index contributed by atoms with van der Waals surface area (Å²) >= 11 is 0. The van der Waals surface area contributed by atoms with Crippen molar-refractivity contribution in [3.8, 4) is 44.5 Å². The first kappa shape index (κ1) is 31.5. The molecular weight excluding hydrogens is 639 g/mol. The van der Waals surface area contributed by atoms with Crippen molar-refractivity contribution in [1.29, 1.82) is 0 Å². The zero-order valence-corrected chi connectivity index (χ0v) is 30.7. The van der Waals surface area contributed by atoms with Gasteiger partial charge in [-0.1, -0.05) is 167 Å². The Morgan fingerprint density at radius 2 is 0.868 bits per heavy atom. The molecule has 0 amide bonds. The molecule has 0 atom stereocenters. The highest BCUT2D eigenvalue weighted by Gasteiger charge is 2.44. The van der Waals surface area contributed by atoms with E-state index in [2.05, 4.69) is 209 Å². The predicted molar refractivity (Wildman–Crippen MR) is 225 cm³/mol. The van der Waals surface area contributed by atoms with Crippen LogP contribution < -0.4 is 4.90 Å². The summed E-state index contributed by atoms with van der Waals surface area (Å²) in [5.74, 6) is 0. The average molecular weight is 680 g/mol. The van der Waals surface area contributed by atoms with Gasteiger partial charge in [-0.15, -0.1) is 0 Å². The minimum atomic E-state index is -0.217. The normalized spacial score (nSPS) is 14.3. The van der Waals surface area contributed by atoms with Gasteiger partial charge >= 0.3 is 0 Å². The largest absolute Gasteiger partial charge is 0.310 e. The quantitative estimate of drug-likeness (QED) is 0.175. The lowest BCUT2D eigenvalue weighted by Gasteiger charge is -2.29. The Balaban J connectivity index is 1.21. The molecule has 0 radical (unpaired) electrons. The molecule has 10 rings (SSSR count). The molecule has 0 fully saturated rings. The molecule has 0 N–H and O–H groups in total. The molecule has 0 saturated heterocycles. The van der Waals surface area contributed by atoms with Crippen molar-refractivity contribution in [2.24, 2.45) is 0 Å². The smallest absolute Gasteiger partial charge is 0.0468 e.